The summed E-state index contributed by atoms with van der Waals surface area (Å²) in [6.07, 6.45) is 1.50. The SMILES string of the molecule is COC(=O)c1ccc(C)c(NS(=O)(=O)/C=C/c2ccccc2)c1. The van der Waals surface area contributed by atoms with E-state index >= 15 is 0 Å². The van der Waals surface area contributed by atoms with Gasteiger partial charge in [-0.15, -0.1) is 0 Å². The molecule has 2 rings (SSSR count). The molecule has 0 atom stereocenters. The number of hydrogen-bond donors (Lipinski definition) is 1. The van der Waals surface area contributed by atoms with Crippen LogP contribution in [0.2, 0.25) is 0 Å². The van der Waals surface area contributed by atoms with Crippen LogP contribution in [-0.2, 0) is 14.8 Å². The molecule has 120 valence electrons. The number of benzene rings is 2. The molecular formula is C17H17NO4S. The monoisotopic (exact) mass is 331 g/mol. The molecule has 0 heterocycles. The number of nitrogens with one attached hydrogen (secondary N) is 1. The van der Waals surface area contributed by atoms with E-state index in [0.717, 1.165) is 11.0 Å². The van der Waals surface area contributed by atoms with Crippen LogP contribution >= 0.6 is 0 Å². The quantitative estimate of drug-likeness (QED) is 0.854. The molecular weight excluding hydrogens is 314 g/mol. The van der Waals surface area contributed by atoms with E-state index in [9.17, 15) is 13.2 Å². The Hall–Kier alpha value is -2.60. The van der Waals surface area contributed by atoms with Gasteiger partial charge in [-0.1, -0.05) is 36.4 Å². The molecule has 0 radical (unpaired) electrons. The molecule has 0 unspecified atom stereocenters. The maximum Gasteiger partial charge on any atom is 0.337 e. The number of carbonyl (C=O) groups excluding carboxylic acids is 1. The van der Waals surface area contributed by atoms with E-state index in [1.54, 1.807) is 31.2 Å². The van der Waals surface area contributed by atoms with Crippen molar-refractivity contribution in [3.05, 3.63) is 70.6 Å². The minimum atomic E-state index is -3.69. The van der Waals surface area contributed by atoms with Gasteiger partial charge in [0.05, 0.1) is 23.8 Å². The van der Waals surface area contributed by atoms with Crippen molar-refractivity contribution in [2.75, 3.05) is 11.8 Å². The molecule has 0 bridgehead atoms. The van der Waals surface area contributed by atoms with Gasteiger partial charge >= 0.3 is 5.97 Å². The van der Waals surface area contributed by atoms with Crippen LogP contribution in [0.1, 0.15) is 21.5 Å². The lowest BCUT2D eigenvalue weighted by Crippen LogP contribution is -2.11. The third-order valence-corrected chi connectivity index (χ3v) is 4.15. The van der Waals surface area contributed by atoms with Gasteiger partial charge in [-0.05, 0) is 36.3 Å². The zero-order valence-corrected chi connectivity index (χ0v) is 13.6. The predicted octanol–water partition coefficient (Wildman–Crippen LogP) is 3.19. The van der Waals surface area contributed by atoms with Crippen LogP contribution in [0.4, 0.5) is 5.69 Å². The smallest absolute Gasteiger partial charge is 0.337 e. The lowest BCUT2D eigenvalue weighted by molar-refractivity contribution is 0.0601. The first kappa shape index (κ1) is 16.8. The molecule has 0 saturated carbocycles. The van der Waals surface area contributed by atoms with Crippen molar-refractivity contribution in [2.45, 2.75) is 6.92 Å². The Balaban J connectivity index is 2.23. The second-order valence-electron chi connectivity index (χ2n) is 4.88. The Bertz CT molecular complexity index is 827. The van der Waals surface area contributed by atoms with Gasteiger partial charge in [-0.25, -0.2) is 13.2 Å². The molecule has 0 amide bonds. The summed E-state index contributed by atoms with van der Waals surface area (Å²) in [7, 11) is -2.41. The van der Waals surface area contributed by atoms with Gasteiger partial charge in [-0.2, -0.15) is 0 Å². The number of ether oxygens (including phenoxy) is 1. The van der Waals surface area contributed by atoms with Crippen LogP contribution in [0.3, 0.4) is 0 Å². The van der Waals surface area contributed by atoms with E-state index in [-0.39, 0.29) is 5.56 Å². The Morgan fingerprint density at radius 3 is 2.48 bits per heavy atom. The first-order valence-corrected chi connectivity index (χ1v) is 8.41. The van der Waals surface area contributed by atoms with Gasteiger partial charge in [0, 0.05) is 0 Å². The molecule has 23 heavy (non-hydrogen) atoms. The van der Waals surface area contributed by atoms with Crippen molar-refractivity contribution in [2.24, 2.45) is 0 Å². The first-order chi connectivity index (χ1) is 10.9. The highest BCUT2D eigenvalue weighted by Crippen LogP contribution is 2.19. The van der Waals surface area contributed by atoms with Crippen LogP contribution < -0.4 is 4.72 Å². The highest BCUT2D eigenvalue weighted by atomic mass is 32.2. The maximum atomic E-state index is 12.2. The molecule has 0 aliphatic carbocycles. The number of hydrogen-bond acceptors (Lipinski definition) is 4. The van der Waals surface area contributed by atoms with Crippen LogP contribution in [0.15, 0.2) is 53.9 Å². The summed E-state index contributed by atoms with van der Waals surface area (Å²) in [5.41, 5.74) is 2.10. The summed E-state index contributed by atoms with van der Waals surface area (Å²) in [5.74, 6) is -0.523. The number of sulfonamides is 1. The van der Waals surface area contributed by atoms with E-state index < -0.39 is 16.0 Å². The summed E-state index contributed by atoms with van der Waals surface area (Å²) in [6, 6.07) is 13.8. The molecule has 5 nitrogen and oxygen atoms in total. The van der Waals surface area contributed by atoms with Crippen LogP contribution in [-0.4, -0.2) is 21.5 Å². The summed E-state index contributed by atoms with van der Waals surface area (Å²) >= 11 is 0. The van der Waals surface area contributed by atoms with Gasteiger partial charge in [0.1, 0.15) is 0 Å². The van der Waals surface area contributed by atoms with Crippen LogP contribution in [0.25, 0.3) is 6.08 Å². The van der Waals surface area contributed by atoms with Crippen molar-refractivity contribution in [1.82, 2.24) is 0 Å². The third-order valence-electron chi connectivity index (χ3n) is 3.15. The molecule has 0 aliphatic heterocycles. The fraction of sp³-hybridized carbons (Fsp3) is 0.118. The molecule has 0 saturated heterocycles. The second-order valence-corrected chi connectivity index (χ2v) is 6.45. The van der Waals surface area contributed by atoms with E-state index in [4.69, 9.17) is 0 Å². The third kappa shape index (κ3) is 4.69. The molecule has 6 heteroatoms. The fourth-order valence-corrected chi connectivity index (χ4v) is 2.83. The highest BCUT2D eigenvalue weighted by molar-refractivity contribution is 7.95. The molecule has 0 aliphatic rings. The summed E-state index contributed by atoms with van der Waals surface area (Å²) in [4.78, 5) is 11.5. The topological polar surface area (TPSA) is 72.5 Å². The van der Waals surface area contributed by atoms with Crippen molar-refractivity contribution in [3.63, 3.8) is 0 Å². The van der Waals surface area contributed by atoms with E-state index in [1.807, 2.05) is 18.2 Å². The largest absolute Gasteiger partial charge is 0.465 e. The standard InChI is InChI=1S/C17H17NO4S/c1-13-8-9-15(17(19)22-2)12-16(13)18-23(20,21)11-10-14-6-4-3-5-7-14/h3-12,18H,1-2H3/b11-10+. The zero-order valence-electron chi connectivity index (χ0n) is 12.8. The van der Waals surface area contributed by atoms with Crippen molar-refractivity contribution in [3.8, 4) is 0 Å². The average Bonchev–Trinajstić information content (AvgIpc) is 2.55. The number of carbonyl (C=O) groups is 1. The Morgan fingerprint density at radius 1 is 1.13 bits per heavy atom. The molecule has 2 aromatic carbocycles. The number of esters is 1. The first-order valence-electron chi connectivity index (χ1n) is 6.86. The van der Waals surface area contributed by atoms with E-state index in [0.29, 0.717) is 11.3 Å². The number of anilines is 1. The van der Waals surface area contributed by atoms with Crippen molar-refractivity contribution >= 4 is 27.8 Å². The number of rotatable bonds is 5. The highest BCUT2D eigenvalue weighted by Gasteiger charge is 2.12. The minimum absolute atomic E-state index is 0.280. The Labute approximate surface area is 135 Å². The normalized spacial score (nSPS) is 11.4. The summed E-state index contributed by atoms with van der Waals surface area (Å²) in [5, 5.41) is 1.09. The van der Waals surface area contributed by atoms with Gasteiger partial charge in [-0.3, -0.25) is 4.72 Å². The average molecular weight is 331 g/mol. The molecule has 0 fully saturated rings. The van der Waals surface area contributed by atoms with Gasteiger partial charge < -0.3 is 4.74 Å². The second kappa shape index (κ2) is 7.11. The summed E-state index contributed by atoms with van der Waals surface area (Å²) < 4.78 is 31.4. The van der Waals surface area contributed by atoms with Gasteiger partial charge in [0.15, 0.2) is 0 Å². The lowest BCUT2D eigenvalue weighted by atomic mass is 10.1. The van der Waals surface area contributed by atoms with E-state index in [1.165, 1.54) is 19.3 Å². The summed E-state index contributed by atoms with van der Waals surface area (Å²) in [6.45, 7) is 1.75. The van der Waals surface area contributed by atoms with Crippen molar-refractivity contribution in [1.29, 1.82) is 0 Å². The lowest BCUT2D eigenvalue weighted by Gasteiger charge is -2.09. The molecule has 1 N–H and O–H groups in total. The maximum absolute atomic E-state index is 12.2. The molecule has 2 aromatic rings. The van der Waals surface area contributed by atoms with Gasteiger partial charge in [0.25, 0.3) is 10.0 Å². The van der Waals surface area contributed by atoms with Crippen LogP contribution in [0, 0.1) is 6.92 Å². The Morgan fingerprint density at radius 2 is 1.83 bits per heavy atom. The number of aryl methyl sites for hydroxylation is 1. The van der Waals surface area contributed by atoms with E-state index in [2.05, 4.69) is 9.46 Å². The number of methoxy groups -OCH3 is 1. The predicted molar refractivity (Wildman–Crippen MR) is 90.5 cm³/mol. The molecule has 0 aromatic heterocycles. The zero-order chi connectivity index (χ0) is 16.9. The van der Waals surface area contributed by atoms with Crippen LogP contribution in [0.5, 0.6) is 0 Å². The Kier molecular flexibility index (Phi) is 5.18. The van der Waals surface area contributed by atoms with Gasteiger partial charge in [0.2, 0.25) is 0 Å². The van der Waals surface area contributed by atoms with Crippen molar-refractivity contribution < 1.29 is 17.9 Å². The fourth-order valence-electron chi connectivity index (χ4n) is 1.90. The minimum Gasteiger partial charge on any atom is -0.465 e. The molecule has 0 spiro atoms.